The molecule has 0 saturated carbocycles. The second-order valence-corrected chi connectivity index (χ2v) is 7.09. The minimum atomic E-state index is -0.838. The van der Waals surface area contributed by atoms with Crippen LogP contribution in [0, 0.1) is 10.1 Å². The molecule has 0 spiro atoms. The maximum Gasteiger partial charge on any atom is 0.336 e. The molecule has 0 aliphatic carbocycles. The molecule has 0 radical (unpaired) electrons. The van der Waals surface area contributed by atoms with E-state index in [2.05, 4.69) is 5.32 Å². The molecule has 2 rings (SSSR count). The number of esters is 2. The van der Waals surface area contributed by atoms with Crippen molar-refractivity contribution in [3.63, 3.8) is 0 Å². The summed E-state index contributed by atoms with van der Waals surface area (Å²) in [6.07, 6.45) is 1.90. The molecule has 1 aromatic rings. The summed E-state index contributed by atoms with van der Waals surface area (Å²) in [4.78, 5) is 36.0. The Morgan fingerprint density at radius 3 is 2.43 bits per heavy atom. The first kappa shape index (κ1) is 21.5. The molecular weight excluding hydrogens is 384 g/mol. The summed E-state index contributed by atoms with van der Waals surface area (Å²) >= 11 is 1.54. The van der Waals surface area contributed by atoms with Crippen LogP contribution in [-0.2, 0) is 19.1 Å². The highest BCUT2D eigenvalue weighted by Crippen LogP contribution is 2.40. The lowest BCUT2D eigenvalue weighted by molar-refractivity contribution is -0.384. The van der Waals surface area contributed by atoms with Crippen molar-refractivity contribution in [3.8, 4) is 0 Å². The van der Waals surface area contributed by atoms with Gasteiger partial charge in [-0.15, -0.1) is 0 Å². The van der Waals surface area contributed by atoms with Gasteiger partial charge >= 0.3 is 11.9 Å². The fourth-order valence-electron chi connectivity index (χ4n) is 3.09. The minimum absolute atomic E-state index is 0.134. The number of rotatable bonds is 7. The number of carbonyl (C=O) groups is 2. The summed E-state index contributed by atoms with van der Waals surface area (Å²) in [6, 6.07) is 5.87. The number of nitrogens with one attached hydrogen (secondary N) is 1. The van der Waals surface area contributed by atoms with Crippen LogP contribution in [0.2, 0.25) is 0 Å². The zero-order valence-corrected chi connectivity index (χ0v) is 16.9. The van der Waals surface area contributed by atoms with Gasteiger partial charge in [0, 0.05) is 29.3 Å². The lowest BCUT2D eigenvalue weighted by atomic mass is 9.80. The van der Waals surface area contributed by atoms with Crippen LogP contribution in [0.4, 0.5) is 5.69 Å². The molecule has 1 aliphatic rings. The molecule has 8 nitrogen and oxygen atoms in total. The Hall–Kier alpha value is -2.81. The maximum absolute atomic E-state index is 12.8. The van der Waals surface area contributed by atoms with Crippen molar-refractivity contribution in [2.75, 3.05) is 25.7 Å². The van der Waals surface area contributed by atoms with E-state index in [0.29, 0.717) is 22.7 Å². The SMILES string of the molecule is COC(=O)C1=C(C)NC(C)=C(C(=O)OCCSC)C1c1cccc([N+](=O)[O-])c1. The van der Waals surface area contributed by atoms with E-state index in [-0.39, 0.29) is 23.4 Å². The van der Waals surface area contributed by atoms with Gasteiger partial charge in [0.2, 0.25) is 0 Å². The zero-order chi connectivity index (χ0) is 20.8. The molecule has 1 aromatic carbocycles. The number of dihydropyridines is 1. The number of benzene rings is 1. The van der Waals surface area contributed by atoms with Crippen LogP contribution in [0.3, 0.4) is 0 Å². The summed E-state index contributed by atoms with van der Waals surface area (Å²) in [7, 11) is 1.24. The third-order valence-electron chi connectivity index (χ3n) is 4.32. The van der Waals surface area contributed by atoms with E-state index in [1.165, 1.54) is 37.1 Å². The predicted octanol–water partition coefficient (Wildman–Crippen LogP) is 2.91. The van der Waals surface area contributed by atoms with Crippen LogP contribution in [0.25, 0.3) is 0 Å². The summed E-state index contributed by atoms with van der Waals surface area (Å²) in [5.74, 6) is -1.41. The number of carbonyl (C=O) groups excluding carboxylic acids is 2. The molecule has 0 saturated heterocycles. The molecular formula is C19H22N2O6S. The molecule has 0 bridgehead atoms. The molecule has 1 aliphatic heterocycles. The van der Waals surface area contributed by atoms with Crippen molar-refractivity contribution >= 4 is 29.4 Å². The lowest BCUT2D eigenvalue weighted by Gasteiger charge is -2.30. The topological polar surface area (TPSA) is 108 Å². The number of allylic oxidation sites excluding steroid dienone is 2. The maximum atomic E-state index is 12.8. The van der Waals surface area contributed by atoms with Gasteiger partial charge in [0.15, 0.2) is 0 Å². The van der Waals surface area contributed by atoms with Gasteiger partial charge < -0.3 is 14.8 Å². The van der Waals surface area contributed by atoms with Crippen LogP contribution in [0.5, 0.6) is 0 Å². The smallest absolute Gasteiger partial charge is 0.336 e. The van der Waals surface area contributed by atoms with Gasteiger partial charge in [-0.2, -0.15) is 11.8 Å². The summed E-state index contributed by atoms with van der Waals surface area (Å²) in [5.41, 5.74) is 1.78. The first-order chi connectivity index (χ1) is 13.3. The third-order valence-corrected chi connectivity index (χ3v) is 4.90. The van der Waals surface area contributed by atoms with Crippen LogP contribution in [-0.4, -0.2) is 42.6 Å². The molecule has 1 unspecified atom stereocenters. The zero-order valence-electron chi connectivity index (χ0n) is 16.1. The van der Waals surface area contributed by atoms with Gasteiger partial charge in [-0.1, -0.05) is 12.1 Å². The fraction of sp³-hybridized carbons (Fsp3) is 0.368. The Morgan fingerprint density at radius 2 is 1.86 bits per heavy atom. The van der Waals surface area contributed by atoms with Crippen molar-refractivity contribution < 1.29 is 24.0 Å². The van der Waals surface area contributed by atoms with Gasteiger partial charge in [-0.3, -0.25) is 10.1 Å². The van der Waals surface area contributed by atoms with Gasteiger partial charge in [0.05, 0.1) is 29.1 Å². The number of ether oxygens (including phenoxy) is 2. The van der Waals surface area contributed by atoms with Crippen molar-refractivity contribution in [1.82, 2.24) is 5.32 Å². The second-order valence-electron chi connectivity index (χ2n) is 6.11. The van der Waals surface area contributed by atoms with E-state index >= 15 is 0 Å². The Kier molecular flexibility index (Phi) is 7.22. The first-order valence-corrected chi connectivity index (χ1v) is 9.88. The van der Waals surface area contributed by atoms with E-state index in [4.69, 9.17) is 9.47 Å². The first-order valence-electron chi connectivity index (χ1n) is 8.49. The van der Waals surface area contributed by atoms with Crippen molar-refractivity contribution in [1.29, 1.82) is 0 Å². The summed E-state index contributed by atoms with van der Waals surface area (Å²) in [6.45, 7) is 3.61. The number of hydrogen-bond donors (Lipinski definition) is 1. The van der Waals surface area contributed by atoms with Gasteiger partial charge in [0.1, 0.15) is 6.61 Å². The standard InChI is InChI=1S/C19H22N2O6S/c1-11-15(18(22)26-3)17(13-6-5-7-14(10-13)21(24)25)16(12(2)20-11)19(23)27-8-9-28-4/h5-7,10,17,20H,8-9H2,1-4H3. The summed E-state index contributed by atoms with van der Waals surface area (Å²) in [5, 5.41) is 14.2. The Balaban J connectivity index is 2.60. The Labute approximate surface area is 167 Å². The number of non-ortho nitro benzene ring substituents is 1. The summed E-state index contributed by atoms with van der Waals surface area (Å²) < 4.78 is 10.3. The van der Waals surface area contributed by atoms with E-state index in [0.717, 1.165) is 0 Å². The number of thioether (sulfide) groups is 1. The van der Waals surface area contributed by atoms with Crippen LogP contribution < -0.4 is 5.32 Å². The second kappa shape index (κ2) is 9.41. The van der Waals surface area contributed by atoms with Crippen LogP contribution >= 0.6 is 11.8 Å². The van der Waals surface area contributed by atoms with Crippen LogP contribution in [0.1, 0.15) is 25.3 Å². The molecule has 1 N–H and O–H groups in total. The van der Waals surface area contributed by atoms with E-state index < -0.39 is 22.8 Å². The van der Waals surface area contributed by atoms with E-state index in [9.17, 15) is 19.7 Å². The molecule has 28 heavy (non-hydrogen) atoms. The molecule has 0 amide bonds. The van der Waals surface area contributed by atoms with Crippen molar-refractivity contribution in [2.45, 2.75) is 19.8 Å². The van der Waals surface area contributed by atoms with Crippen molar-refractivity contribution in [2.24, 2.45) is 0 Å². The monoisotopic (exact) mass is 406 g/mol. The highest BCUT2D eigenvalue weighted by atomic mass is 32.2. The molecule has 150 valence electrons. The number of hydrogen-bond acceptors (Lipinski definition) is 8. The van der Waals surface area contributed by atoms with Gasteiger partial charge in [-0.25, -0.2) is 9.59 Å². The number of methoxy groups -OCH3 is 1. The minimum Gasteiger partial charge on any atom is -0.466 e. The molecule has 1 heterocycles. The predicted molar refractivity (Wildman–Crippen MR) is 106 cm³/mol. The largest absolute Gasteiger partial charge is 0.466 e. The molecule has 9 heteroatoms. The van der Waals surface area contributed by atoms with Crippen LogP contribution in [0.15, 0.2) is 46.8 Å². The van der Waals surface area contributed by atoms with E-state index in [1.807, 2.05) is 6.26 Å². The lowest BCUT2D eigenvalue weighted by Crippen LogP contribution is -2.32. The number of nitro groups is 1. The number of nitrogens with zero attached hydrogens (tertiary/aromatic N) is 1. The highest BCUT2D eigenvalue weighted by molar-refractivity contribution is 7.98. The normalized spacial score (nSPS) is 16.5. The average molecular weight is 406 g/mol. The molecule has 1 atom stereocenters. The quantitative estimate of drug-likeness (QED) is 0.319. The third kappa shape index (κ3) is 4.53. The molecule has 0 aromatic heterocycles. The Morgan fingerprint density at radius 1 is 1.21 bits per heavy atom. The van der Waals surface area contributed by atoms with Crippen molar-refractivity contribution in [3.05, 3.63) is 62.5 Å². The fourth-order valence-corrected chi connectivity index (χ4v) is 3.34. The number of nitro benzene ring substituents is 1. The molecule has 0 fully saturated rings. The van der Waals surface area contributed by atoms with Gasteiger partial charge in [-0.05, 0) is 25.7 Å². The average Bonchev–Trinajstić information content (AvgIpc) is 2.67. The van der Waals surface area contributed by atoms with E-state index in [1.54, 1.807) is 19.9 Å². The highest BCUT2D eigenvalue weighted by Gasteiger charge is 2.38. The Bertz CT molecular complexity index is 862. The van der Waals surface area contributed by atoms with Gasteiger partial charge in [0.25, 0.3) is 5.69 Å².